The van der Waals surface area contributed by atoms with Crippen molar-refractivity contribution in [2.75, 3.05) is 13.1 Å². The lowest BCUT2D eigenvalue weighted by molar-refractivity contribution is 0.0692. The number of hydrogen-bond acceptors (Lipinski definition) is 5. The Morgan fingerprint density at radius 1 is 1.44 bits per heavy atom. The fraction of sp³-hybridized carbons (Fsp3) is 0.647. The van der Waals surface area contributed by atoms with E-state index in [2.05, 4.69) is 10.3 Å². The summed E-state index contributed by atoms with van der Waals surface area (Å²) in [4.78, 5) is 26.7. The number of aryl methyl sites for hydroxylation is 1. The number of amides is 1. The van der Waals surface area contributed by atoms with Crippen LogP contribution in [0.3, 0.4) is 0 Å². The zero-order valence-corrected chi connectivity index (χ0v) is 15.2. The maximum Gasteiger partial charge on any atom is 0.345 e. The number of likely N-dealkylation sites (tertiary alicyclic amines) is 1. The molecule has 0 unspecified atom stereocenters. The van der Waals surface area contributed by atoms with Gasteiger partial charge in [0, 0.05) is 44.6 Å². The van der Waals surface area contributed by atoms with E-state index in [0.29, 0.717) is 31.1 Å². The molecule has 1 saturated heterocycles. The second-order valence-electron chi connectivity index (χ2n) is 6.87. The molecule has 1 aliphatic rings. The predicted octanol–water partition coefficient (Wildman–Crippen LogP) is 1.73. The monoisotopic (exact) mass is 347 g/mol. The number of piperidine rings is 1. The first-order valence-corrected chi connectivity index (χ1v) is 8.82. The summed E-state index contributed by atoms with van der Waals surface area (Å²) in [5.41, 5.74) is 0.234. The average Bonchev–Trinajstić information content (AvgIpc) is 3.20. The summed E-state index contributed by atoms with van der Waals surface area (Å²) in [5.74, 6) is 1.59. The minimum absolute atomic E-state index is 0.0584. The molecule has 0 spiro atoms. The summed E-state index contributed by atoms with van der Waals surface area (Å²) in [6, 6.07) is 1.72. The quantitative estimate of drug-likeness (QED) is 0.841. The molecule has 136 valence electrons. The molecule has 3 heterocycles. The lowest BCUT2D eigenvalue weighted by Gasteiger charge is -2.31. The third-order valence-electron chi connectivity index (χ3n) is 4.74. The number of rotatable bonds is 4. The third-order valence-corrected chi connectivity index (χ3v) is 4.74. The molecule has 3 rings (SSSR count). The van der Waals surface area contributed by atoms with Gasteiger partial charge in [-0.2, -0.15) is 5.10 Å². The highest BCUT2D eigenvalue weighted by molar-refractivity contribution is 5.92. The minimum atomic E-state index is -0.123. The first-order chi connectivity index (χ1) is 11.9. The van der Waals surface area contributed by atoms with Crippen LogP contribution in [-0.4, -0.2) is 43.4 Å². The number of aromatic nitrogens is 4. The molecule has 0 bridgehead atoms. The Hall–Kier alpha value is -2.38. The molecule has 8 nitrogen and oxygen atoms in total. The second-order valence-corrected chi connectivity index (χ2v) is 6.87. The molecule has 0 N–H and O–H groups in total. The van der Waals surface area contributed by atoms with Gasteiger partial charge in [0.25, 0.3) is 5.91 Å². The van der Waals surface area contributed by atoms with Gasteiger partial charge < -0.3 is 9.42 Å². The molecule has 2 aromatic rings. The normalized spacial score (nSPS) is 18.1. The van der Waals surface area contributed by atoms with Gasteiger partial charge in [-0.05, 0) is 19.8 Å². The van der Waals surface area contributed by atoms with Crippen molar-refractivity contribution in [1.82, 2.24) is 24.4 Å². The molecule has 0 aromatic carbocycles. The minimum Gasteiger partial charge on any atom is -0.360 e. The van der Waals surface area contributed by atoms with Gasteiger partial charge in [-0.3, -0.25) is 9.36 Å². The van der Waals surface area contributed by atoms with E-state index in [0.717, 1.165) is 18.7 Å². The van der Waals surface area contributed by atoms with Crippen LogP contribution >= 0.6 is 0 Å². The molecule has 0 radical (unpaired) electrons. The molecule has 1 atom stereocenters. The largest absolute Gasteiger partial charge is 0.360 e. The van der Waals surface area contributed by atoms with Crippen molar-refractivity contribution in [3.8, 4) is 0 Å². The lowest BCUT2D eigenvalue weighted by atomic mass is 9.96. The molecule has 0 aliphatic carbocycles. The second kappa shape index (κ2) is 6.85. The van der Waals surface area contributed by atoms with E-state index < -0.39 is 0 Å². The Kier molecular flexibility index (Phi) is 4.78. The van der Waals surface area contributed by atoms with Crippen molar-refractivity contribution < 1.29 is 9.32 Å². The van der Waals surface area contributed by atoms with Gasteiger partial charge in [0.1, 0.15) is 11.6 Å². The van der Waals surface area contributed by atoms with Gasteiger partial charge in [-0.15, -0.1) is 0 Å². The summed E-state index contributed by atoms with van der Waals surface area (Å²) in [6.45, 7) is 7.73. The van der Waals surface area contributed by atoms with Crippen LogP contribution in [0.1, 0.15) is 67.5 Å². The molecule has 25 heavy (non-hydrogen) atoms. The van der Waals surface area contributed by atoms with Gasteiger partial charge in [-0.25, -0.2) is 9.48 Å². The van der Waals surface area contributed by atoms with Gasteiger partial charge in [0.15, 0.2) is 5.69 Å². The van der Waals surface area contributed by atoms with Crippen molar-refractivity contribution >= 4 is 5.91 Å². The van der Waals surface area contributed by atoms with E-state index in [1.807, 2.05) is 20.8 Å². The average molecular weight is 347 g/mol. The van der Waals surface area contributed by atoms with Crippen molar-refractivity contribution in [3.63, 3.8) is 0 Å². The van der Waals surface area contributed by atoms with Crippen molar-refractivity contribution in [2.24, 2.45) is 7.05 Å². The van der Waals surface area contributed by atoms with E-state index in [-0.39, 0.29) is 23.4 Å². The topological polar surface area (TPSA) is 86.2 Å². The third kappa shape index (κ3) is 3.25. The molecular formula is C17H25N5O3. The smallest absolute Gasteiger partial charge is 0.345 e. The molecule has 1 amide bonds. The van der Waals surface area contributed by atoms with Crippen molar-refractivity contribution in [2.45, 2.75) is 52.0 Å². The highest BCUT2D eigenvalue weighted by atomic mass is 16.5. The van der Waals surface area contributed by atoms with E-state index in [9.17, 15) is 9.59 Å². The van der Waals surface area contributed by atoms with Gasteiger partial charge >= 0.3 is 5.69 Å². The van der Waals surface area contributed by atoms with Crippen LogP contribution < -0.4 is 5.69 Å². The van der Waals surface area contributed by atoms with Crippen LogP contribution in [0, 0.1) is 0 Å². The lowest BCUT2D eigenvalue weighted by Crippen LogP contribution is -2.40. The zero-order valence-electron chi connectivity index (χ0n) is 15.2. The Bertz CT molecular complexity index is 817. The van der Waals surface area contributed by atoms with E-state index in [4.69, 9.17) is 4.52 Å². The highest BCUT2D eigenvalue weighted by Crippen LogP contribution is 2.26. The summed E-state index contributed by atoms with van der Waals surface area (Å²) in [5, 5.41) is 8.31. The Balaban J connectivity index is 1.80. The summed E-state index contributed by atoms with van der Waals surface area (Å²) in [7, 11) is 1.66. The molecule has 1 fully saturated rings. The van der Waals surface area contributed by atoms with Crippen molar-refractivity contribution in [1.29, 1.82) is 0 Å². The highest BCUT2D eigenvalue weighted by Gasteiger charge is 2.30. The van der Waals surface area contributed by atoms with Crippen LogP contribution in [0.2, 0.25) is 0 Å². The van der Waals surface area contributed by atoms with E-state index in [1.54, 1.807) is 22.6 Å². The predicted molar refractivity (Wildman–Crippen MR) is 91.6 cm³/mol. The summed E-state index contributed by atoms with van der Waals surface area (Å²) in [6.07, 6.45) is 1.79. The van der Waals surface area contributed by atoms with E-state index >= 15 is 0 Å². The fourth-order valence-corrected chi connectivity index (χ4v) is 3.32. The molecular weight excluding hydrogens is 322 g/mol. The zero-order chi connectivity index (χ0) is 18.1. The van der Waals surface area contributed by atoms with Crippen LogP contribution in [-0.2, 0) is 13.6 Å². The van der Waals surface area contributed by atoms with Crippen LogP contribution in [0.5, 0.6) is 0 Å². The van der Waals surface area contributed by atoms with E-state index in [1.165, 1.54) is 4.68 Å². The number of carbonyl (C=O) groups excluding carboxylic acids is 1. The van der Waals surface area contributed by atoms with Crippen LogP contribution in [0.15, 0.2) is 15.4 Å². The first kappa shape index (κ1) is 17.4. The Labute approximate surface area is 146 Å². The Morgan fingerprint density at radius 3 is 2.84 bits per heavy atom. The Morgan fingerprint density at radius 2 is 2.20 bits per heavy atom. The standard InChI is InChI=1S/C17H25N5O3/c1-5-22-15(18-20(4)17(22)24)12-7-6-8-21(10-12)16(23)13-9-14(11(2)3)25-19-13/h9,11-12H,5-8,10H2,1-4H3/t12-/m0/s1. The molecule has 0 saturated carbocycles. The van der Waals surface area contributed by atoms with Gasteiger partial charge in [0.2, 0.25) is 0 Å². The SMILES string of the molecule is CCn1c([C@H]2CCCN(C(=O)c3cc(C(C)C)on3)C2)nn(C)c1=O. The van der Waals surface area contributed by atoms with Crippen molar-refractivity contribution in [3.05, 3.63) is 33.8 Å². The fourth-order valence-electron chi connectivity index (χ4n) is 3.32. The van der Waals surface area contributed by atoms with Gasteiger partial charge in [0.05, 0.1) is 0 Å². The molecule has 8 heteroatoms. The maximum atomic E-state index is 12.7. The summed E-state index contributed by atoms with van der Waals surface area (Å²) < 4.78 is 8.30. The number of hydrogen-bond donors (Lipinski definition) is 0. The molecule has 2 aromatic heterocycles. The first-order valence-electron chi connectivity index (χ1n) is 8.82. The maximum absolute atomic E-state index is 12.7. The van der Waals surface area contributed by atoms with Crippen LogP contribution in [0.25, 0.3) is 0 Å². The number of carbonyl (C=O) groups is 1. The van der Waals surface area contributed by atoms with Gasteiger partial charge in [-0.1, -0.05) is 19.0 Å². The number of nitrogens with zero attached hydrogens (tertiary/aromatic N) is 5. The molecule has 1 aliphatic heterocycles. The summed E-state index contributed by atoms with van der Waals surface area (Å²) >= 11 is 0. The van der Waals surface area contributed by atoms with Crippen LogP contribution in [0.4, 0.5) is 0 Å².